The monoisotopic (exact) mass is 296 g/mol. The van der Waals surface area contributed by atoms with Crippen molar-refractivity contribution in [2.24, 2.45) is 0 Å². The highest BCUT2D eigenvalue weighted by molar-refractivity contribution is 5.87. The van der Waals surface area contributed by atoms with E-state index in [1.165, 1.54) is 31.2 Å². The summed E-state index contributed by atoms with van der Waals surface area (Å²) in [5.74, 6) is -0.855. The molecule has 110 valence electrons. The van der Waals surface area contributed by atoms with Gasteiger partial charge in [0.2, 0.25) is 0 Å². The van der Waals surface area contributed by atoms with Crippen LogP contribution in [-0.4, -0.2) is 16.1 Å². The highest BCUT2D eigenvalue weighted by atomic mass is 19.4. The Kier molecular flexibility index (Phi) is 3.84. The van der Waals surface area contributed by atoms with E-state index in [0.29, 0.717) is 0 Å². The number of hydrogen-bond acceptors (Lipinski definition) is 3. The zero-order chi connectivity index (χ0) is 15.6. The Labute approximate surface area is 118 Å². The molecule has 0 bridgehead atoms. The van der Waals surface area contributed by atoms with E-state index in [1.54, 1.807) is 0 Å². The van der Waals surface area contributed by atoms with Gasteiger partial charge in [-0.3, -0.25) is 0 Å². The van der Waals surface area contributed by atoms with Crippen LogP contribution in [0.1, 0.15) is 21.5 Å². The van der Waals surface area contributed by atoms with E-state index in [0.717, 1.165) is 12.3 Å². The molecule has 2 rings (SSSR count). The first-order valence-electron chi connectivity index (χ1n) is 5.92. The maximum absolute atomic E-state index is 12.8. The van der Waals surface area contributed by atoms with E-state index in [1.807, 2.05) is 0 Å². The molecule has 0 amide bonds. The number of rotatable bonds is 3. The number of nitrogens with one attached hydrogen (secondary N) is 1. The van der Waals surface area contributed by atoms with Crippen molar-refractivity contribution in [3.8, 4) is 0 Å². The van der Waals surface area contributed by atoms with E-state index >= 15 is 0 Å². The lowest BCUT2D eigenvalue weighted by atomic mass is 10.1. The molecule has 1 aromatic heterocycles. The molecule has 0 atom stereocenters. The standard InChI is InChI=1S/C14H11F3N2O2/c1-8-10(14(15,16)17)3-2-4-11(8)19-12-6-5-9(7-18-12)13(20)21/h2-7H,1H3,(H,18,19)(H,20,21). The Bertz CT molecular complexity index is 667. The number of carbonyl (C=O) groups is 1. The molecular formula is C14H11F3N2O2. The predicted molar refractivity (Wildman–Crippen MR) is 70.7 cm³/mol. The van der Waals surface area contributed by atoms with Gasteiger partial charge < -0.3 is 10.4 Å². The third-order valence-corrected chi connectivity index (χ3v) is 2.91. The number of aromatic nitrogens is 1. The van der Waals surface area contributed by atoms with Crippen LogP contribution in [0.3, 0.4) is 0 Å². The van der Waals surface area contributed by atoms with Crippen LogP contribution in [0.4, 0.5) is 24.7 Å². The average Bonchev–Trinajstić information content (AvgIpc) is 2.40. The van der Waals surface area contributed by atoms with Crippen molar-refractivity contribution in [3.63, 3.8) is 0 Å². The molecule has 0 saturated carbocycles. The number of nitrogens with zero attached hydrogens (tertiary/aromatic N) is 1. The van der Waals surface area contributed by atoms with Crippen LogP contribution < -0.4 is 5.32 Å². The van der Waals surface area contributed by atoms with Gasteiger partial charge in [-0.15, -0.1) is 0 Å². The minimum Gasteiger partial charge on any atom is -0.478 e. The first kappa shape index (κ1) is 14.8. The summed E-state index contributed by atoms with van der Waals surface area (Å²) in [5, 5.41) is 11.5. The van der Waals surface area contributed by atoms with Gasteiger partial charge in [-0.2, -0.15) is 13.2 Å². The van der Waals surface area contributed by atoms with Gasteiger partial charge in [-0.05, 0) is 36.8 Å². The largest absolute Gasteiger partial charge is 0.478 e. The molecule has 4 nitrogen and oxygen atoms in total. The summed E-state index contributed by atoms with van der Waals surface area (Å²) in [6, 6.07) is 6.51. The molecule has 21 heavy (non-hydrogen) atoms. The molecule has 1 aromatic carbocycles. The summed E-state index contributed by atoms with van der Waals surface area (Å²) in [6.45, 7) is 1.36. The van der Waals surface area contributed by atoms with Crippen molar-refractivity contribution in [1.29, 1.82) is 0 Å². The maximum Gasteiger partial charge on any atom is 0.416 e. The van der Waals surface area contributed by atoms with Crippen LogP contribution in [0.5, 0.6) is 0 Å². The van der Waals surface area contributed by atoms with Gasteiger partial charge in [0.25, 0.3) is 0 Å². The Morgan fingerprint density at radius 2 is 1.95 bits per heavy atom. The van der Waals surface area contributed by atoms with Gasteiger partial charge in [0.15, 0.2) is 0 Å². The number of anilines is 2. The zero-order valence-electron chi connectivity index (χ0n) is 10.9. The lowest BCUT2D eigenvalue weighted by molar-refractivity contribution is -0.138. The van der Waals surface area contributed by atoms with Gasteiger partial charge in [0.05, 0.1) is 11.1 Å². The zero-order valence-corrected chi connectivity index (χ0v) is 10.9. The van der Waals surface area contributed by atoms with Crippen molar-refractivity contribution in [2.75, 3.05) is 5.32 Å². The summed E-state index contributed by atoms with van der Waals surface area (Å²) < 4.78 is 38.4. The molecule has 0 aliphatic carbocycles. The van der Waals surface area contributed by atoms with Crippen LogP contribution in [-0.2, 0) is 6.18 Å². The molecule has 1 heterocycles. The summed E-state index contributed by atoms with van der Waals surface area (Å²) in [7, 11) is 0. The fourth-order valence-electron chi connectivity index (χ4n) is 1.81. The van der Waals surface area contributed by atoms with Crippen molar-refractivity contribution >= 4 is 17.5 Å². The average molecular weight is 296 g/mol. The lowest BCUT2D eigenvalue weighted by Gasteiger charge is -2.14. The van der Waals surface area contributed by atoms with Crippen molar-refractivity contribution in [1.82, 2.24) is 4.98 Å². The van der Waals surface area contributed by atoms with Crippen LogP contribution in [0.15, 0.2) is 36.5 Å². The van der Waals surface area contributed by atoms with Crippen LogP contribution in [0.2, 0.25) is 0 Å². The van der Waals surface area contributed by atoms with Gasteiger partial charge >= 0.3 is 12.1 Å². The second-order valence-electron chi connectivity index (χ2n) is 4.34. The predicted octanol–water partition coefficient (Wildman–Crippen LogP) is 3.85. The Morgan fingerprint density at radius 1 is 1.24 bits per heavy atom. The summed E-state index contributed by atoms with van der Waals surface area (Å²) in [5.41, 5.74) is -0.412. The molecular weight excluding hydrogens is 285 g/mol. The molecule has 0 aliphatic heterocycles. The summed E-state index contributed by atoms with van der Waals surface area (Å²) in [6.07, 6.45) is -3.30. The molecule has 0 saturated heterocycles. The molecule has 7 heteroatoms. The highest BCUT2D eigenvalue weighted by Gasteiger charge is 2.32. The second kappa shape index (κ2) is 5.43. The minimum atomic E-state index is -4.43. The number of alkyl halides is 3. The van der Waals surface area contributed by atoms with Crippen LogP contribution in [0, 0.1) is 6.92 Å². The van der Waals surface area contributed by atoms with Gasteiger partial charge in [-0.25, -0.2) is 9.78 Å². The van der Waals surface area contributed by atoms with Crippen molar-refractivity contribution in [2.45, 2.75) is 13.1 Å². The van der Waals surface area contributed by atoms with Gasteiger partial charge in [-0.1, -0.05) is 6.07 Å². The van der Waals surface area contributed by atoms with Gasteiger partial charge in [0, 0.05) is 11.9 Å². The molecule has 2 N–H and O–H groups in total. The molecule has 0 unspecified atom stereocenters. The van der Waals surface area contributed by atoms with Crippen LogP contribution in [0.25, 0.3) is 0 Å². The van der Waals surface area contributed by atoms with Crippen LogP contribution >= 0.6 is 0 Å². The van der Waals surface area contributed by atoms with E-state index in [-0.39, 0.29) is 22.6 Å². The third kappa shape index (κ3) is 3.31. The molecule has 0 aliphatic rings. The molecule has 0 radical (unpaired) electrons. The van der Waals surface area contributed by atoms with E-state index in [2.05, 4.69) is 10.3 Å². The maximum atomic E-state index is 12.8. The Morgan fingerprint density at radius 3 is 2.48 bits per heavy atom. The fourth-order valence-corrected chi connectivity index (χ4v) is 1.81. The first-order valence-corrected chi connectivity index (χ1v) is 5.92. The topological polar surface area (TPSA) is 62.2 Å². The fraction of sp³-hybridized carbons (Fsp3) is 0.143. The third-order valence-electron chi connectivity index (χ3n) is 2.91. The minimum absolute atomic E-state index is 0.00122. The molecule has 0 spiro atoms. The normalized spacial score (nSPS) is 11.2. The second-order valence-corrected chi connectivity index (χ2v) is 4.34. The number of benzene rings is 1. The van der Waals surface area contributed by atoms with Crippen molar-refractivity contribution < 1.29 is 23.1 Å². The van der Waals surface area contributed by atoms with Gasteiger partial charge in [0.1, 0.15) is 5.82 Å². The number of carboxylic acid groups (broad SMARTS) is 1. The highest BCUT2D eigenvalue weighted by Crippen LogP contribution is 2.35. The lowest BCUT2D eigenvalue weighted by Crippen LogP contribution is -2.09. The van der Waals surface area contributed by atoms with E-state index < -0.39 is 17.7 Å². The smallest absolute Gasteiger partial charge is 0.416 e. The quantitative estimate of drug-likeness (QED) is 0.903. The number of pyridine rings is 1. The molecule has 0 fully saturated rings. The van der Waals surface area contributed by atoms with E-state index in [9.17, 15) is 18.0 Å². The number of aromatic carboxylic acids is 1. The summed E-state index contributed by atoms with van der Waals surface area (Å²) >= 11 is 0. The number of halogens is 3. The molecule has 2 aromatic rings. The number of hydrogen-bond donors (Lipinski definition) is 2. The first-order chi connectivity index (χ1) is 9.79. The van der Waals surface area contributed by atoms with Crippen molar-refractivity contribution in [3.05, 3.63) is 53.2 Å². The summed E-state index contributed by atoms with van der Waals surface area (Å²) in [4.78, 5) is 14.5. The Hall–Kier alpha value is -2.57. The number of carboxylic acids is 1. The Balaban J connectivity index is 2.30. The SMILES string of the molecule is Cc1c(Nc2ccc(C(=O)O)cn2)cccc1C(F)(F)F. The van der Waals surface area contributed by atoms with E-state index in [4.69, 9.17) is 5.11 Å².